The van der Waals surface area contributed by atoms with Crippen molar-refractivity contribution in [1.82, 2.24) is 20.0 Å². The SMILES string of the molecule is CCn1cc(CN2CCC(=O)NC(C)C2=O)cn1. The fourth-order valence-corrected chi connectivity index (χ4v) is 2.03. The van der Waals surface area contributed by atoms with Crippen LogP contribution in [0.5, 0.6) is 0 Å². The first kappa shape index (κ1) is 12.6. The predicted octanol–water partition coefficient (Wildman–Crippen LogP) is 0.140. The lowest BCUT2D eigenvalue weighted by molar-refractivity contribution is -0.133. The van der Waals surface area contributed by atoms with E-state index in [0.717, 1.165) is 12.1 Å². The molecule has 0 saturated carbocycles. The minimum atomic E-state index is -0.443. The van der Waals surface area contributed by atoms with Crippen LogP contribution in [0.2, 0.25) is 0 Å². The van der Waals surface area contributed by atoms with Crippen molar-refractivity contribution < 1.29 is 9.59 Å². The Morgan fingerprint density at radius 1 is 1.50 bits per heavy atom. The van der Waals surface area contributed by atoms with Crippen molar-refractivity contribution >= 4 is 11.8 Å². The smallest absolute Gasteiger partial charge is 0.245 e. The third-order valence-corrected chi connectivity index (χ3v) is 3.05. The van der Waals surface area contributed by atoms with Crippen LogP contribution in [0.1, 0.15) is 25.8 Å². The largest absolute Gasteiger partial charge is 0.345 e. The van der Waals surface area contributed by atoms with E-state index in [0.29, 0.717) is 19.5 Å². The highest BCUT2D eigenvalue weighted by atomic mass is 16.2. The molecule has 2 heterocycles. The second kappa shape index (κ2) is 5.20. The van der Waals surface area contributed by atoms with Gasteiger partial charge in [0.1, 0.15) is 6.04 Å². The molecule has 6 nitrogen and oxygen atoms in total. The molecule has 18 heavy (non-hydrogen) atoms. The number of hydrogen-bond acceptors (Lipinski definition) is 3. The molecule has 2 amide bonds. The van der Waals surface area contributed by atoms with Crippen LogP contribution in [0.15, 0.2) is 12.4 Å². The molecule has 0 radical (unpaired) electrons. The first-order valence-electron chi connectivity index (χ1n) is 6.19. The van der Waals surface area contributed by atoms with Gasteiger partial charge >= 0.3 is 0 Å². The zero-order valence-electron chi connectivity index (χ0n) is 10.7. The molecule has 1 aliphatic heterocycles. The van der Waals surface area contributed by atoms with Gasteiger partial charge in [-0.15, -0.1) is 0 Å². The molecule has 0 spiro atoms. The minimum absolute atomic E-state index is 0.0369. The molecule has 0 aromatic carbocycles. The number of nitrogens with zero attached hydrogens (tertiary/aromatic N) is 3. The second-order valence-corrected chi connectivity index (χ2v) is 4.50. The number of aryl methyl sites for hydroxylation is 1. The lowest BCUT2D eigenvalue weighted by atomic mass is 10.2. The van der Waals surface area contributed by atoms with E-state index in [9.17, 15) is 9.59 Å². The Bertz CT molecular complexity index is 455. The van der Waals surface area contributed by atoms with Gasteiger partial charge in [-0.25, -0.2) is 0 Å². The lowest BCUT2D eigenvalue weighted by Crippen LogP contribution is -2.42. The number of aromatic nitrogens is 2. The van der Waals surface area contributed by atoms with Gasteiger partial charge in [-0.1, -0.05) is 0 Å². The van der Waals surface area contributed by atoms with Crippen molar-refractivity contribution in [3.63, 3.8) is 0 Å². The maximum Gasteiger partial charge on any atom is 0.245 e. The highest BCUT2D eigenvalue weighted by Crippen LogP contribution is 2.09. The van der Waals surface area contributed by atoms with Crippen LogP contribution in [-0.4, -0.2) is 39.1 Å². The molecule has 2 rings (SSSR count). The normalized spacial score (nSPS) is 20.8. The van der Waals surface area contributed by atoms with E-state index in [2.05, 4.69) is 10.4 Å². The van der Waals surface area contributed by atoms with Crippen molar-refractivity contribution in [3.8, 4) is 0 Å². The highest BCUT2D eigenvalue weighted by Gasteiger charge is 2.26. The van der Waals surface area contributed by atoms with Gasteiger partial charge in [-0.2, -0.15) is 5.10 Å². The molecule has 1 aromatic heterocycles. The number of carbonyl (C=O) groups is 2. The molecule has 1 unspecified atom stereocenters. The van der Waals surface area contributed by atoms with Crippen LogP contribution in [0.25, 0.3) is 0 Å². The Labute approximate surface area is 106 Å². The molecule has 6 heteroatoms. The molecule has 1 N–H and O–H groups in total. The summed E-state index contributed by atoms with van der Waals surface area (Å²) >= 11 is 0. The van der Waals surface area contributed by atoms with Gasteiger partial charge in [-0.05, 0) is 13.8 Å². The van der Waals surface area contributed by atoms with Crippen LogP contribution < -0.4 is 5.32 Å². The van der Waals surface area contributed by atoms with Crippen molar-refractivity contribution in [3.05, 3.63) is 18.0 Å². The molecule has 1 aromatic rings. The Morgan fingerprint density at radius 3 is 2.94 bits per heavy atom. The van der Waals surface area contributed by atoms with Gasteiger partial charge in [0.2, 0.25) is 11.8 Å². The maximum atomic E-state index is 12.1. The number of amides is 2. The van der Waals surface area contributed by atoms with E-state index in [1.165, 1.54) is 0 Å². The molecule has 1 fully saturated rings. The van der Waals surface area contributed by atoms with E-state index in [1.54, 1.807) is 18.0 Å². The van der Waals surface area contributed by atoms with E-state index < -0.39 is 6.04 Å². The molecule has 0 aliphatic carbocycles. The lowest BCUT2D eigenvalue weighted by Gasteiger charge is -2.21. The molecule has 0 bridgehead atoms. The van der Waals surface area contributed by atoms with Crippen LogP contribution in [0.4, 0.5) is 0 Å². The number of nitrogens with one attached hydrogen (secondary N) is 1. The zero-order valence-corrected chi connectivity index (χ0v) is 10.7. The minimum Gasteiger partial charge on any atom is -0.345 e. The first-order valence-corrected chi connectivity index (χ1v) is 6.19. The molecule has 1 saturated heterocycles. The molecule has 98 valence electrons. The highest BCUT2D eigenvalue weighted by molar-refractivity contribution is 5.89. The molecular formula is C12H18N4O2. The van der Waals surface area contributed by atoms with Crippen LogP contribution in [0.3, 0.4) is 0 Å². The van der Waals surface area contributed by atoms with Crippen molar-refractivity contribution in [2.45, 2.75) is 39.4 Å². The summed E-state index contributed by atoms with van der Waals surface area (Å²) in [4.78, 5) is 25.1. The summed E-state index contributed by atoms with van der Waals surface area (Å²) in [7, 11) is 0. The van der Waals surface area contributed by atoms with Crippen molar-refractivity contribution in [2.75, 3.05) is 6.54 Å². The summed E-state index contributed by atoms with van der Waals surface area (Å²) in [5.41, 5.74) is 0.992. The van der Waals surface area contributed by atoms with Crippen LogP contribution in [0, 0.1) is 0 Å². The topological polar surface area (TPSA) is 67.2 Å². The average molecular weight is 250 g/mol. The van der Waals surface area contributed by atoms with Crippen molar-refractivity contribution in [1.29, 1.82) is 0 Å². The van der Waals surface area contributed by atoms with Crippen LogP contribution in [-0.2, 0) is 22.7 Å². The van der Waals surface area contributed by atoms with Gasteiger partial charge in [-0.3, -0.25) is 14.3 Å². The number of hydrogen-bond donors (Lipinski definition) is 1. The van der Waals surface area contributed by atoms with Gasteiger partial charge in [0.05, 0.1) is 6.20 Å². The fraction of sp³-hybridized carbons (Fsp3) is 0.583. The predicted molar refractivity (Wildman–Crippen MR) is 65.5 cm³/mol. The van der Waals surface area contributed by atoms with Gasteiger partial charge < -0.3 is 10.2 Å². The summed E-state index contributed by atoms with van der Waals surface area (Å²) in [6.45, 7) is 5.52. The monoisotopic (exact) mass is 250 g/mol. The summed E-state index contributed by atoms with van der Waals surface area (Å²) in [6.07, 6.45) is 4.05. The number of carbonyl (C=O) groups excluding carboxylic acids is 2. The summed E-state index contributed by atoms with van der Waals surface area (Å²) < 4.78 is 1.82. The number of rotatable bonds is 3. The Kier molecular flexibility index (Phi) is 3.64. The van der Waals surface area contributed by atoms with Gasteiger partial charge in [0.25, 0.3) is 0 Å². The zero-order chi connectivity index (χ0) is 13.1. The van der Waals surface area contributed by atoms with E-state index >= 15 is 0 Å². The first-order chi connectivity index (χ1) is 8.60. The fourth-order valence-electron chi connectivity index (χ4n) is 2.03. The molecular weight excluding hydrogens is 232 g/mol. The average Bonchev–Trinajstić information content (AvgIpc) is 2.76. The Morgan fingerprint density at radius 2 is 2.28 bits per heavy atom. The quantitative estimate of drug-likeness (QED) is 0.829. The summed E-state index contributed by atoms with van der Waals surface area (Å²) in [5.74, 6) is -0.104. The molecule has 1 atom stereocenters. The molecule has 1 aliphatic rings. The van der Waals surface area contributed by atoms with Crippen molar-refractivity contribution in [2.24, 2.45) is 0 Å². The van der Waals surface area contributed by atoms with Gasteiger partial charge in [0, 0.05) is 37.8 Å². The summed E-state index contributed by atoms with van der Waals surface area (Å²) in [5, 5.41) is 6.85. The maximum absolute atomic E-state index is 12.1. The third kappa shape index (κ3) is 2.69. The standard InChI is InChI=1S/C12H18N4O2/c1-3-16-8-10(6-13-16)7-15-5-4-11(17)14-9(2)12(15)18/h6,8-9H,3-5,7H2,1-2H3,(H,14,17). The van der Waals surface area contributed by atoms with Crippen LogP contribution >= 0.6 is 0 Å². The Hall–Kier alpha value is -1.85. The van der Waals surface area contributed by atoms with Gasteiger partial charge in [0.15, 0.2) is 0 Å². The summed E-state index contributed by atoms with van der Waals surface area (Å²) in [6, 6.07) is -0.443. The van der Waals surface area contributed by atoms with E-state index in [4.69, 9.17) is 0 Å². The third-order valence-electron chi connectivity index (χ3n) is 3.05. The second-order valence-electron chi connectivity index (χ2n) is 4.50. The Balaban J connectivity index is 2.07. The van der Waals surface area contributed by atoms with E-state index in [-0.39, 0.29) is 11.8 Å². The van der Waals surface area contributed by atoms with E-state index in [1.807, 2.05) is 17.8 Å².